The van der Waals surface area contributed by atoms with Gasteiger partial charge in [0, 0.05) is 21.2 Å². The van der Waals surface area contributed by atoms with Crippen LogP contribution in [0, 0.1) is 0 Å². The summed E-state index contributed by atoms with van der Waals surface area (Å²) in [4.78, 5) is 17.5. The van der Waals surface area contributed by atoms with Gasteiger partial charge in [-0.05, 0) is 36.0 Å². The van der Waals surface area contributed by atoms with Gasteiger partial charge in [0.15, 0.2) is 6.04 Å². The van der Waals surface area contributed by atoms with E-state index in [0.717, 1.165) is 20.4 Å². The second kappa shape index (κ2) is 10.7. The number of hydrogen-bond donors (Lipinski definition) is 2. The minimum Gasteiger partial charge on any atom is -0.489 e. The maximum atomic E-state index is 11.6. The van der Waals surface area contributed by atoms with Crippen molar-refractivity contribution in [2.45, 2.75) is 10.9 Å². The maximum absolute atomic E-state index is 11.6. The van der Waals surface area contributed by atoms with Gasteiger partial charge in [0.2, 0.25) is 0 Å². The Bertz CT molecular complexity index is 847. The molecule has 0 bridgehead atoms. The monoisotopic (exact) mass is 417 g/mol. The van der Waals surface area contributed by atoms with Crippen molar-refractivity contribution < 1.29 is 14.3 Å². The molecule has 1 heterocycles. The molecular formula is C20H23N3O3S2. The Kier molecular flexibility index (Phi) is 8.28. The van der Waals surface area contributed by atoms with Crippen LogP contribution in [0.25, 0.3) is 0 Å². The highest BCUT2D eigenvalue weighted by Crippen LogP contribution is 2.37. The Morgan fingerprint density at radius 2 is 2.29 bits per heavy atom. The Balaban J connectivity index is 2.07. The molecule has 1 aromatic carbocycles. The number of thioether (sulfide) groups is 2. The van der Waals surface area contributed by atoms with Gasteiger partial charge in [-0.15, -0.1) is 11.8 Å². The van der Waals surface area contributed by atoms with Crippen LogP contribution < -0.4 is 16.2 Å². The molecule has 1 aliphatic heterocycles. The summed E-state index contributed by atoms with van der Waals surface area (Å²) in [7, 11) is 1.36. The number of methoxy groups -OCH3 is 1. The normalized spacial score (nSPS) is 16.7. The molecule has 0 aromatic heterocycles. The molecule has 0 amide bonds. The molecule has 0 aliphatic carbocycles. The maximum Gasteiger partial charge on any atom is 0.331 e. The van der Waals surface area contributed by atoms with E-state index in [2.05, 4.69) is 18.2 Å². The van der Waals surface area contributed by atoms with E-state index >= 15 is 0 Å². The predicted molar refractivity (Wildman–Crippen MR) is 119 cm³/mol. The highest BCUT2D eigenvalue weighted by Gasteiger charge is 2.27. The van der Waals surface area contributed by atoms with Crippen molar-refractivity contribution in [3.63, 3.8) is 0 Å². The molecule has 2 rings (SSSR count). The Labute approximate surface area is 173 Å². The lowest BCUT2D eigenvalue weighted by Gasteiger charge is -2.11. The van der Waals surface area contributed by atoms with Gasteiger partial charge in [-0.3, -0.25) is 4.99 Å². The van der Waals surface area contributed by atoms with Crippen molar-refractivity contribution in [3.05, 3.63) is 66.3 Å². The number of nitrogen functional groups attached to an aromatic ring is 1. The summed E-state index contributed by atoms with van der Waals surface area (Å²) in [6, 6.07) is 4.94. The summed E-state index contributed by atoms with van der Waals surface area (Å²) >= 11 is 2.87. The number of carbonyl (C=O) groups excluding carboxylic acids is 1. The third kappa shape index (κ3) is 5.97. The summed E-state index contributed by atoms with van der Waals surface area (Å²) in [5.74, 6) is 0.872. The predicted octanol–water partition coefficient (Wildman–Crippen LogP) is 3.53. The number of ether oxygens (including phenoxy) is 2. The summed E-state index contributed by atoms with van der Waals surface area (Å²) < 4.78 is 10.6. The van der Waals surface area contributed by atoms with Gasteiger partial charge >= 0.3 is 5.97 Å². The molecule has 4 N–H and O–H groups in total. The molecule has 1 aliphatic rings. The van der Waals surface area contributed by atoms with Crippen molar-refractivity contribution in [2.24, 2.45) is 10.7 Å². The Morgan fingerprint density at radius 3 is 2.96 bits per heavy atom. The number of anilines is 1. The molecule has 0 fully saturated rings. The average molecular weight is 418 g/mol. The van der Waals surface area contributed by atoms with Crippen LogP contribution in [0.4, 0.5) is 5.69 Å². The number of carbonyl (C=O) groups is 1. The summed E-state index contributed by atoms with van der Waals surface area (Å²) in [6.07, 6.45) is 6.71. The van der Waals surface area contributed by atoms with E-state index in [1.807, 2.05) is 12.1 Å². The van der Waals surface area contributed by atoms with Crippen LogP contribution in [0.3, 0.4) is 0 Å². The standard InChI is InChI=1S/C20H23N3O3S2/c1-4-5-14(8-9-21)11-26-15-6-7-16(22)18(10-15)28-13(2)19-23-17(12-27-19)20(24)25-3/h4-10,17H,1-2,11-12,21-22H2,3H3/b9-8-,14-5+/t17-/m1/s1. The number of nitrogens with zero attached hydrogens (tertiary/aromatic N) is 1. The van der Waals surface area contributed by atoms with Crippen molar-refractivity contribution in [1.82, 2.24) is 0 Å². The summed E-state index contributed by atoms with van der Waals surface area (Å²) in [6.45, 7) is 8.09. The van der Waals surface area contributed by atoms with E-state index in [0.29, 0.717) is 23.8 Å². The van der Waals surface area contributed by atoms with Crippen LogP contribution in [0.1, 0.15) is 0 Å². The van der Waals surface area contributed by atoms with Gasteiger partial charge in [-0.1, -0.05) is 37.1 Å². The number of esters is 1. The number of benzene rings is 1. The number of allylic oxidation sites excluding steroid dienone is 2. The van der Waals surface area contributed by atoms with Gasteiger partial charge in [0.05, 0.1) is 7.11 Å². The smallest absolute Gasteiger partial charge is 0.331 e. The first kappa shape index (κ1) is 21.7. The molecule has 0 radical (unpaired) electrons. The molecule has 0 saturated heterocycles. The van der Waals surface area contributed by atoms with Crippen LogP contribution in [0.2, 0.25) is 0 Å². The molecule has 0 spiro atoms. The van der Waals surface area contributed by atoms with E-state index in [9.17, 15) is 4.79 Å². The molecule has 0 saturated carbocycles. The van der Waals surface area contributed by atoms with Crippen molar-refractivity contribution in [3.8, 4) is 5.75 Å². The van der Waals surface area contributed by atoms with Gasteiger partial charge < -0.3 is 20.9 Å². The molecule has 1 atom stereocenters. The first-order chi connectivity index (χ1) is 13.5. The Hall–Kier alpha value is -2.58. The number of hydrogen-bond acceptors (Lipinski definition) is 8. The van der Waals surface area contributed by atoms with Gasteiger partial charge in [0.25, 0.3) is 0 Å². The van der Waals surface area contributed by atoms with E-state index in [1.165, 1.54) is 36.8 Å². The SMILES string of the molecule is C=C/C=C(\C=C/N)COc1ccc(N)c(SC(=C)C2=N[C@@H](C(=O)OC)CS2)c1. The van der Waals surface area contributed by atoms with Crippen molar-refractivity contribution in [2.75, 3.05) is 25.2 Å². The highest BCUT2D eigenvalue weighted by atomic mass is 32.2. The highest BCUT2D eigenvalue weighted by molar-refractivity contribution is 8.18. The van der Waals surface area contributed by atoms with E-state index in [-0.39, 0.29) is 5.97 Å². The zero-order chi connectivity index (χ0) is 20.5. The molecule has 28 heavy (non-hydrogen) atoms. The lowest BCUT2D eigenvalue weighted by atomic mass is 10.2. The molecule has 8 heteroatoms. The Morgan fingerprint density at radius 1 is 1.50 bits per heavy atom. The first-order valence-corrected chi connectivity index (χ1v) is 10.2. The zero-order valence-corrected chi connectivity index (χ0v) is 17.2. The molecule has 6 nitrogen and oxygen atoms in total. The second-order valence-electron chi connectivity index (χ2n) is 5.63. The third-order valence-corrected chi connectivity index (χ3v) is 5.88. The quantitative estimate of drug-likeness (QED) is 0.274. The topological polar surface area (TPSA) is 99.9 Å². The third-order valence-electron chi connectivity index (χ3n) is 3.63. The fourth-order valence-electron chi connectivity index (χ4n) is 2.25. The van der Waals surface area contributed by atoms with Gasteiger partial charge in [-0.25, -0.2) is 4.79 Å². The minimum atomic E-state index is -0.486. The fourth-order valence-corrected chi connectivity index (χ4v) is 4.20. The molecule has 148 valence electrons. The minimum absolute atomic E-state index is 0.342. The van der Waals surface area contributed by atoms with E-state index < -0.39 is 6.04 Å². The van der Waals surface area contributed by atoms with Crippen LogP contribution in [0.5, 0.6) is 5.75 Å². The zero-order valence-electron chi connectivity index (χ0n) is 15.6. The van der Waals surface area contributed by atoms with Crippen LogP contribution in [-0.2, 0) is 9.53 Å². The number of nitrogens with two attached hydrogens (primary N) is 2. The lowest BCUT2D eigenvalue weighted by molar-refractivity contribution is -0.141. The van der Waals surface area contributed by atoms with Gasteiger partial charge in [-0.2, -0.15) is 0 Å². The first-order valence-electron chi connectivity index (χ1n) is 8.36. The van der Waals surface area contributed by atoms with E-state index in [4.69, 9.17) is 20.9 Å². The summed E-state index contributed by atoms with van der Waals surface area (Å²) in [5, 5.41) is 0.718. The van der Waals surface area contributed by atoms with Crippen molar-refractivity contribution >= 4 is 40.2 Å². The van der Waals surface area contributed by atoms with E-state index in [1.54, 1.807) is 24.3 Å². The molecule has 1 aromatic rings. The van der Waals surface area contributed by atoms with Gasteiger partial charge in [0.1, 0.15) is 17.4 Å². The largest absolute Gasteiger partial charge is 0.489 e. The van der Waals surface area contributed by atoms with Crippen LogP contribution >= 0.6 is 23.5 Å². The van der Waals surface area contributed by atoms with Crippen molar-refractivity contribution in [1.29, 1.82) is 0 Å². The average Bonchev–Trinajstić information content (AvgIpc) is 3.18. The fraction of sp³-hybridized carbons (Fsp3) is 0.200. The second-order valence-corrected chi connectivity index (χ2v) is 7.78. The van der Waals surface area contributed by atoms with Crippen LogP contribution in [0.15, 0.2) is 76.2 Å². The number of rotatable bonds is 9. The summed E-state index contributed by atoms with van der Waals surface area (Å²) in [5.41, 5.74) is 13.0. The molecule has 0 unspecified atom stereocenters. The van der Waals surface area contributed by atoms with Crippen LogP contribution in [-0.4, -0.2) is 36.5 Å². The lowest BCUT2D eigenvalue weighted by Crippen LogP contribution is -2.19. The molecular weight excluding hydrogens is 394 g/mol. The number of aliphatic imine (C=N–C) groups is 1.